The van der Waals surface area contributed by atoms with E-state index in [2.05, 4.69) is 40.0 Å². The van der Waals surface area contributed by atoms with E-state index in [0.29, 0.717) is 17.2 Å². The fourth-order valence-corrected chi connectivity index (χ4v) is 3.49. The second-order valence-electron chi connectivity index (χ2n) is 7.13. The monoisotopic (exact) mass is 412 g/mol. The third-order valence-corrected chi connectivity index (χ3v) is 5.11. The van der Waals surface area contributed by atoms with Crippen LogP contribution < -0.4 is 15.1 Å². The number of nitrogens with zero attached hydrogens (tertiary/aromatic N) is 7. The van der Waals surface area contributed by atoms with Crippen molar-refractivity contribution < 1.29 is 4.79 Å². The van der Waals surface area contributed by atoms with Gasteiger partial charge in [-0.25, -0.2) is 19.9 Å². The first-order valence-corrected chi connectivity index (χ1v) is 10.0. The molecular formula is C22H20N8O. The summed E-state index contributed by atoms with van der Waals surface area (Å²) in [5.41, 5.74) is 2.17. The van der Waals surface area contributed by atoms with Crippen molar-refractivity contribution in [1.29, 1.82) is 0 Å². The van der Waals surface area contributed by atoms with E-state index in [1.165, 1.54) is 6.20 Å². The molecule has 0 atom stereocenters. The highest BCUT2D eigenvalue weighted by Gasteiger charge is 2.20. The molecule has 5 rings (SSSR count). The molecule has 1 saturated heterocycles. The maximum atomic E-state index is 12.5. The van der Waals surface area contributed by atoms with Gasteiger partial charge in [0.15, 0.2) is 0 Å². The Labute approximate surface area is 178 Å². The predicted octanol–water partition coefficient (Wildman–Crippen LogP) is 2.39. The smallest absolute Gasteiger partial charge is 0.275 e. The minimum atomic E-state index is -0.349. The number of nitrogens with one attached hydrogen (secondary N) is 1. The zero-order valence-electron chi connectivity index (χ0n) is 16.7. The third-order valence-electron chi connectivity index (χ3n) is 5.11. The number of benzene rings is 1. The largest absolute Gasteiger partial charge is 0.353 e. The first kappa shape index (κ1) is 18.9. The van der Waals surface area contributed by atoms with Crippen molar-refractivity contribution in [2.45, 2.75) is 0 Å². The number of fused-ring (bicyclic) bond motifs is 1. The summed E-state index contributed by atoms with van der Waals surface area (Å²) in [7, 11) is 0. The number of piperazine rings is 1. The lowest BCUT2D eigenvalue weighted by atomic mass is 10.3. The van der Waals surface area contributed by atoms with E-state index in [-0.39, 0.29) is 11.6 Å². The van der Waals surface area contributed by atoms with E-state index in [0.717, 1.165) is 37.5 Å². The van der Waals surface area contributed by atoms with Gasteiger partial charge in [0, 0.05) is 32.4 Å². The van der Waals surface area contributed by atoms with Crippen LogP contribution in [0.5, 0.6) is 0 Å². The molecule has 31 heavy (non-hydrogen) atoms. The highest BCUT2D eigenvalue weighted by Crippen LogP contribution is 2.17. The van der Waals surface area contributed by atoms with Gasteiger partial charge >= 0.3 is 0 Å². The predicted molar refractivity (Wildman–Crippen MR) is 118 cm³/mol. The van der Waals surface area contributed by atoms with E-state index < -0.39 is 0 Å². The maximum absolute atomic E-state index is 12.5. The summed E-state index contributed by atoms with van der Waals surface area (Å²) in [6.07, 6.45) is 6.50. The van der Waals surface area contributed by atoms with E-state index in [1.807, 2.05) is 42.5 Å². The zero-order chi connectivity index (χ0) is 21.0. The number of hydrogen-bond donors (Lipinski definition) is 1. The Kier molecular flexibility index (Phi) is 5.05. The molecule has 1 amide bonds. The number of rotatable bonds is 4. The van der Waals surface area contributed by atoms with E-state index >= 15 is 0 Å². The number of carbonyl (C=O) groups excluding carboxylic acids is 1. The van der Waals surface area contributed by atoms with Crippen LogP contribution in [0.25, 0.3) is 11.0 Å². The molecule has 0 saturated carbocycles. The molecule has 9 heteroatoms. The SMILES string of the molecule is O=C(Nc1cnc(N2CCN(c3ccccn3)CC2)nc1)c1cnc2ccccc2n1. The van der Waals surface area contributed by atoms with Gasteiger partial charge in [-0.2, -0.15) is 0 Å². The molecule has 154 valence electrons. The molecule has 0 bridgehead atoms. The van der Waals surface area contributed by atoms with Gasteiger partial charge in [0.2, 0.25) is 5.95 Å². The molecule has 0 aliphatic carbocycles. The number of aromatic nitrogens is 5. The number of anilines is 3. The molecule has 1 fully saturated rings. The molecule has 1 aromatic carbocycles. The second-order valence-corrected chi connectivity index (χ2v) is 7.13. The molecule has 0 spiro atoms. The van der Waals surface area contributed by atoms with Gasteiger partial charge in [0.05, 0.1) is 35.3 Å². The molecule has 1 aliphatic rings. The summed E-state index contributed by atoms with van der Waals surface area (Å²) in [4.78, 5) is 38.8. The summed E-state index contributed by atoms with van der Waals surface area (Å²) in [6, 6.07) is 13.4. The minimum absolute atomic E-state index is 0.244. The number of pyridine rings is 1. The standard InChI is InChI=1S/C22H20N8O/c31-21(19-15-24-17-5-1-2-6-18(17)28-19)27-16-13-25-22(26-14-16)30-11-9-29(10-12-30)20-7-3-4-8-23-20/h1-8,13-15H,9-12H2,(H,27,31). The molecule has 1 aliphatic heterocycles. The molecular weight excluding hydrogens is 392 g/mol. The van der Waals surface area contributed by atoms with Crippen LogP contribution in [0.3, 0.4) is 0 Å². The highest BCUT2D eigenvalue weighted by atomic mass is 16.1. The van der Waals surface area contributed by atoms with Crippen LogP contribution in [0, 0.1) is 0 Å². The highest BCUT2D eigenvalue weighted by molar-refractivity contribution is 6.03. The average molecular weight is 412 g/mol. The van der Waals surface area contributed by atoms with Crippen LogP contribution in [0.1, 0.15) is 10.5 Å². The fourth-order valence-electron chi connectivity index (χ4n) is 3.49. The minimum Gasteiger partial charge on any atom is -0.353 e. The van der Waals surface area contributed by atoms with Crippen molar-refractivity contribution in [2.75, 3.05) is 41.3 Å². The van der Waals surface area contributed by atoms with Crippen LogP contribution in [0.15, 0.2) is 67.3 Å². The van der Waals surface area contributed by atoms with Crippen molar-refractivity contribution in [2.24, 2.45) is 0 Å². The lowest BCUT2D eigenvalue weighted by Crippen LogP contribution is -2.47. The average Bonchev–Trinajstić information content (AvgIpc) is 2.85. The Morgan fingerprint density at radius 1 is 0.774 bits per heavy atom. The van der Waals surface area contributed by atoms with Gasteiger partial charge in [-0.3, -0.25) is 9.78 Å². The van der Waals surface area contributed by atoms with Gasteiger partial charge in [-0.15, -0.1) is 0 Å². The van der Waals surface area contributed by atoms with Gasteiger partial charge in [0.1, 0.15) is 11.5 Å². The molecule has 0 unspecified atom stereocenters. The van der Waals surface area contributed by atoms with Gasteiger partial charge < -0.3 is 15.1 Å². The van der Waals surface area contributed by atoms with Gasteiger partial charge in [-0.05, 0) is 24.3 Å². The maximum Gasteiger partial charge on any atom is 0.275 e. The quantitative estimate of drug-likeness (QED) is 0.545. The van der Waals surface area contributed by atoms with Crippen LogP contribution in [-0.4, -0.2) is 57.0 Å². The Hall–Kier alpha value is -4.14. The normalized spacial score (nSPS) is 13.9. The number of hydrogen-bond acceptors (Lipinski definition) is 8. The summed E-state index contributed by atoms with van der Waals surface area (Å²) >= 11 is 0. The van der Waals surface area contributed by atoms with Gasteiger partial charge in [0.25, 0.3) is 5.91 Å². The summed E-state index contributed by atoms with van der Waals surface area (Å²) < 4.78 is 0. The first-order chi connectivity index (χ1) is 15.3. The lowest BCUT2D eigenvalue weighted by Gasteiger charge is -2.35. The molecule has 4 heterocycles. The van der Waals surface area contributed by atoms with Crippen molar-refractivity contribution in [3.63, 3.8) is 0 Å². The molecule has 9 nitrogen and oxygen atoms in total. The van der Waals surface area contributed by atoms with Gasteiger partial charge in [-0.1, -0.05) is 18.2 Å². The Balaban J connectivity index is 1.21. The van der Waals surface area contributed by atoms with Crippen LogP contribution >= 0.6 is 0 Å². The fraction of sp³-hybridized carbons (Fsp3) is 0.182. The molecule has 4 aromatic rings. The zero-order valence-corrected chi connectivity index (χ0v) is 16.7. The number of carbonyl (C=O) groups is 1. The molecule has 3 aromatic heterocycles. The number of para-hydroxylation sites is 2. The van der Waals surface area contributed by atoms with Crippen molar-refractivity contribution >= 4 is 34.4 Å². The van der Waals surface area contributed by atoms with Crippen LogP contribution in [-0.2, 0) is 0 Å². The first-order valence-electron chi connectivity index (χ1n) is 10.0. The van der Waals surface area contributed by atoms with E-state index in [1.54, 1.807) is 18.6 Å². The lowest BCUT2D eigenvalue weighted by molar-refractivity contribution is 0.102. The van der Waals surface area contributed by atoms with Crippen LogP contribution in [0.2, 0.25) is 0 Å². The second kappa shape index (κ2) is 8.31. The number of amides is 1. The topological polar surface area (TPSA) is 100 Å². The summed E-state index contributed by atoms with van der Waals surface area (Å²) in [6.45, 7) is 3.29. The van der Waals surface area contributed by atoms with Crippen LogP contribution in [0.4, 0.5) is 17.5 Å². The summed E-state index contributed by atoms with van der Waals surface area (Å²) in [5, 5.41) is 2.78. The van der Waals surface area contributed by atoms with Crippen molar-refractivity contribution in [1.82, 2.24) is 24.9 Å². The third kappa shape index (κ3) is 4.11. The Morgan fingerprint density at radius 3 is 2.23 bits per heavy atom. The van der Waals surface area contributed by atoms with E-state index in [4.69, 9.17) is 0 Å². The summed E-state index contributed by atoms with van der Waals surface area (Å²) in [5.74, 6) is 1.28. The van der Waals surface area contributed by atoms with Crippen molar-refractivity contribution in [3.8, 4) is 0 Å². The molecule has 0 radical (unpaired) electrons. The Morgan fingerprint density at radius 2 is 1.48 bits per heavy atom. The van der Waals surface area contributed by atoms with Crippen molar-refractivity contribution in [3.05, 3.63) is 72.9 Å². The van der Waals surface area contributed by atoms with E-state index in [9.17, 15) is 4.79 Å². The molecule has 1 N–H and O–H groups in total. The Bertz CT molecular complexity index is 1190.